The molecule has 24 heavy (non-hydrogen) atoms. The molecular weight excluding hydrogens is 414 g/mol. The lowest BCUT2D eigenvalue weighted by Crippen LogP contribution is -2.11. The standard InChI is InChI=1S/C14H12BrN5O2S2/c15-12-6-7-13(23-12)24(21,22)17-10-3-1-2-9(8-10)14-16-18-19-20(14)11-4-5-11/h1-3,6-8,11,17H,4-5H2. The summed E-state index contributed by atoms with van der Waals surface area (Å²) in [6, 6.07) is 10.7. The van der Waals surface area contributed by atoms with E-state index in [1.807, 2.05) is 6.07 Å². The number of hydrogen-bond acceptors (Lipinski definition) is 6. The van der Waals surface area contributed by atoms with E-state index in [1.54, 1.807) is 35.0 Å². The summed E-state index contributed by atoms with van der Waals surface area (Å²) >= 11 is 4.44. The summed E-state index contributed by atoms with van der Waals surface area (Å²) in [5.74, 6) is 0.650. The minimum Gasteiger partial charge on any atom is -0.279 e. The van der Waals surface area contributed by atoms with Gasteiger partial charge in [0.2, 0.25) is 0 Å². The van der Waals surface area contributed by atoms with Gasteiger partial charge in [0, 0.05) is 11.3 Å². The zero-order chi connectivity index (χ0) is 16.7. The van der Waals surface area contributed by atoms with Crippen LogP contribution in [0.4, 0.5) is 5.69 Å². The van der Waals surface area contributed by atoms with Gasteiger partial charge in [0.05, 0.1) is 9.83 Å². The Morgan fingerprint density at radius 2 is 2.08 bits per heavy atom. The van der Waals surface area contributed by atoms with Crippen LogP contribution in [0.15, 0.2) is 44.4 Å². The Kier molecular flexibility index (Phi) is 3.89. The highest BCUT2D eigenvalue weighted by Gasteiger charge is 2.28. The van der Waals surface area contributed by atoms with Crippen LogP contribution in [0, 0.1) is 0 Å². The summed E-state index contributed by atoms with van der Waals surface area (Å²) in [5, 5.41) is 11.8. The Bertz CT molecular complexity index is 994. The van der Waals surface area contributed by atoms with Crippen molar-refractivity contribution in [2.24, 2.45) is 0 Å². The number of tetrazole rings is 1. The highest BCUT2D eigenvalue weighted by molar-refractivity contribution is 9.11. The highest BCUT2D eigenvalue weighted by atomic mass is 79.9. The molecular formula is C14H12BrN5O2S2. The molecule has 2 aromatic heterocycles. The zero-order valence-electron chi connectivity index (χ0n) is 12.3. The van der Waals surface area contributed by atoms with Crippen molar-refractivity contribution in [1.82, 2.24) is 20.2 Å². The molecule has 1 saturated carbocycles. The van der Waals surface area contributed by atoms with E-state index in [1.165, 1.54) is 0 Å². The Labute approximate surface area is 150 Å². The maximum absolute atomic E-state index is 12.4. The molecule has 124 valence electrons. The molecule has 0 saturated heterocycles. The summed E-state index contributed by atoms with van der Waals surface area (Å²) in [7, 11) is -3.61. The van der Waals surface area contributed by atoms with Crippen LogP contribution < -0.4 is 4.72 Å². The third-order valence-corrected chi connectivity index (χ3v) is 7.07. The molecule has 0 spiro atoms. The number of benzene rings is 1. The van der Waals surface area contributed by atoms with Crippen molar-refractivity contribution >= 4 is 43.0 Å². The number of nitrogens with zero attached hydrogens (tertiary/aromatic N) is 4. The van der Waals surface area contributed by atoms with Gasteiger partial charge in [-0.1, -0.05) is 12.1 Å². The van der Waals surface area contributed by atoms with Crippen LogP contribution in [0.25, 0.3) is 11.4 Å². The fourth-order valence-corrected chi connectivity index (χ4v) is 5.38. The molecule has 0 unspecified atom stereocenters. The molecule has 0 radical (unpaired) electrons. The van der Waals surface area contributed by atoms with Crippen LogP contribution in [0.5, 0.6) is 0 Å². The van der Waals surface area contributed by atoms with E-state index >= 15 is 0 Å². The van der Waals surface area contributed by atoms with Crippen molar-refractivity contribution in [1.29, 1.82) is 0 Å². The quantitative estimate of drug-likeness (QED) is 0.676. The van der Waals surface area contributed by atoms with Crippen molar-refractivity contribution in [3.8, 4) is 11.4 Å². The Balaban J connectivity index is 1.64. The molecule has 4 rings (SSSR count). The first-order valence-electron chi connectivity index (χ1n) is 7.19. The van der Waals surface area contributed by atoms with Crippen molar-refractivity contribution in [3.05, 3.63) is 40.2 Å². The van der Waals surface area contributed by atoms with Crippen molar-refractivity contribution in [2.75, 3.05) is 4.72 Å². The van der Waals surface area contributed by atoms with Gasteiger partial charge in [-0.2, -0.15) is 0 Å². The molecule has 1 aliphatic carbocycles. The van der Waals surface area contributed by atoms with Gasteiger partial charge in [-0.25, -0.2) is 13.1 Å². The number of aromatic nitrogens is 4. The molecule has 0 atom stereocenters. The number of anilines is 1. The van der Waals surface area contributed by atoms with Crippen LogP contribution in [0.1, 0.15) is 18.9 Å². The molecule has 7 nitrogen and oxygen atoms in total. The smallest absolute Gasteiger partial charge is 0.271 e. The van der Waals surface area contributed by atoms with Gasteiger partial charge in [0.15, 0.2) is 5.82 Å². The molecule has 2 heterocycles. The van der Waals surface area contributed by atoms with E-state index in [4.69, 9.17) is 0 Å². The monoisotopic (exact) mass is 425 g/mol. The number of thiophene rings is 1. The van der Waals surface area contributed by atoms with E-state index in [-0.39, 0.29) is 4.21 Å². The largest absolute Gasteiger partial charge is 0.279 e. The molecule has 0 bridgehead atoms. The SMILES string of the molecule is O=S(=O)(Nc1cccc(-c2nnnn2C2CC2)c1)c1ccc(Br)s1. The predicted octanol–water partition coefficient (Wildman–Crippen LogP) is 3.30. The third kappa shape index (κ3) is 3.08. The first-order chi connectivity index (χ1) is 11.5. The van der Waals surface area contributed by atoms with Gasteiger partial charge in [0.1, 0.15) is 4.21 Å². The normalized spacial score (nSPS) is 14.7. The van der Waals surface area contributed by atoms with Crippen LogP contribution in [-0.2, 0) is 10.0 Å². The number of nitrogens with one attached hydrogen (secondary N) is 1. The number of halogens is 1. The van der Waals surface area contributed by atoms with Gasteiger partial charge in [0.25, 0.3) is 10.0 Å². The van der Waals surface area contributed by atoms with Crippen LogP contribution >= 0.6 is 27.3 Å². The summed E-state index contributed by atoms with van der Waals surface area (Å²) in [4.78, 5) is 0. The topological polar surface area (TPSA) is 89.8 Å². The maximum atomic E-state index is 12.4. The third-order valence-electron chi connectivity index (χ3n) is 3.57. The lowest BCUT2D eigenvalue weighted by Gasteiger charge is -2.08. The van der Waals surface area contributed by atoms with Crippen LogP contribution in [0.2, 0.25) is 0 Å². The molecule has 1 aliphatic rings. The fraction of sp³-hybridized carbons (Fsp3) is 0.214. The van der Waals surface area contributed by atoms with Gasteiger partial charge < -0.3 is 0 Å². The Hall–Kier alpha value is -1.78. The minimum atomic E-state index is -3.61. The van der Waals surface area contributed by atoms with E-state index in [0.717, 1.165) is 33.5 Å². The second-order valence-corrected chi connectivity index (χ2v) is 9.80. The average Bonchev–Trinajstić information content (AvgIpc) is 3.09. The van der Waals surface area contributed by atoms with E-state index in [2.05, 4.69) is 36.2 Å². The van der Waals surface area contributed by atoms with Crippen LogP contribution in [0.3, 0.4) is 0 Å². The first-order valence-corrected chi connectivity index (χ1v) is 10.3. The molecule has 3 aromatic rings. The van der Waals surface area contributed by atoms with Crippen molar-refractivity contribution < 1.29 is 8.42 Å². The highest BCUT2D eigenvalue weighted by Crippen LogP contribution is 2.37. The summed E-state index contributed by atoms with van der Waals surface area (Å²) in [6.07, 6.45) is 2.13. The van der Waals surface area contributed by atoms with Crippen molar-refractivity contribution in [3.63, 3.8) is 0 Å². The average molecular weight is 426 g/mol. The van der Waals surface area contributed by atoms with E-state index in [9.17, 15) is 8.42 Å². The van der Waals surface area contributed by atoms with E-state index < -0.39 is 10.0 Å². The van der Waals surface area contributed by atoms with E-state index in [0.29, 0.717) is 17.6 Å². The first kappa shape index (κ1) is 15.7. The number of sulfonamides is 1. The van der Waals surface area contributed by atoms with Gasteiger partial charge in [-0.15, -0.1) is 16.4 Å². The number of hydrogen-bond donors (Lipinski definition) is 1. The van der Waals surface area contributed by atoms with Crippen molar-refractivity contribution in [2.45, 2.75) is 23.1 Å². The molecule has 1 fully saturated rings. The minimum absolute atomic E-state index is 0.252. The summed E-state index contributed by atoms with van der Waals surface area (Å²) < 4.78 is 30.3. The molecule has 1 N–H and O–H groups in total. The Morgan fingerprint density at radius 3 is 2.79 bits per heavy atom. The molecule has 0 amide bonds. The molecule has 0 aliphatic heterocycles. The lowest BCUT2D eigenvalue weighted by atomic mass is 10.2. The van der Waals surface area contributed by atoms with Crippen LogP contribution in [-0.4, -0.2) is 28.6 Å². The number of rotatable bonds is 5. The summed E-state index contributed by atoms with van der Waals surface area (Å²) in [6.45, 7) is 0. The second kappa shape index (κ2) is 5.94. The maximum Gasteiger partial charge on any atom is 0.271 e. The zero-order valence-corrected chi connectivity index (χ0v) is 15.5. The molecule has 10 heteroatoms. The predicted molar refractivity (Wildman–Crippen MR) is 94.4 cm³/mol. The van der Waals surface area contributed by atoms with Gasteiger partial charge in [-0.05, 0) is 63.5 Å². The Morgan fingerprint density at radius 1 is 1.25 bits per heavy atom. The van der Waals surface area contributed by atoms with Gasteiger partial charge >= 0.3 is 0 Å². The lowest BCUT2D eigenvalue weighted by molar-refractivity contribution is 0.603. The second-order valence-electron chi connectivity index (χ2n) is 5.42. The molecule has 1 aromatic carbocycles. The summed E-state index contributed by atoms with van der Waals surface area (Å²) in [5.41, 5.74) is 1.25. The van der Waals surface area contributed by atoms with Gasteiger partial charge in [-0.3, -0.25) is 4.72 Å². The fourth-order valence-electron chi connectivity index (χ4n) is 2.32.